The molecule has 1 aromatic carbocycles. The third kappa shape index (κ3) is 6.20. The van der Waals surface area contributed by atoms with Crippen LogP contribution in [0.15, 0.2) is 48.8 Å². The van der Waals surface area contributed by atoms with Crippen molar-refractivity contribution < 1.29 is 19.4 Å². The summed E-state index contributed by atoms with van der Waals surface area (Å²) in [6.07, 6.45) is 3.61. The minimum Gasteiger partial charge on any atom is -0.489 e. The molecule has 1 aromatic heterocycles. The SMILES string of the molecule is CC(C)N(CCC(=O)O)C(=O)Cc1cccc(OCc2cccnc2)c1. The number of aliphatic carboxylic acids is 1. The molecule has 1 heterocycles. The summed E-state index contributed by atoms with van der Waals surface area (Å²) in [5.41, 5.74) is 1.80. The van der Waals surface area contributed by atoms with Crippen molar-refractivity contribution in [1.29, 1.82) is 0 Å². The van der Waals surface area contributed by atoms with Gasteiger partial charge in [0.2, 0.25) is 5.91 Å². The number of carbonyl (C=O) groups is 2. The zero-order valence-corrected chi connectivity index (χ0v) is 15.1. The largest absolute Gasteiger partial charge is 0.489 e. The van der Waals surface area contributed by atoms with Crippen molar-refractivity contribution in [2.24, 2.45) is 0 Å². The number of carboxylic acid groups (broad SMARTS) is 1. The van der Waals surface area contributed by atoms with Crippen molar-refractivity contribution in [1.82, 2.24) is 9.88 Å². The van der Waals surface area contributed by atoms with E-state index in [1.165, 1.54) is 0 Å². The number of hydrogen-bond acceptors (Lipinski definition) is 4. The first-order valence-corrected chi connectivity index (χ1v) is 8.57. The molecular formula is C20H24N2O4. The first-order valence-electron chi connectivity index (χ1n) is 8.57. The second-order valence-electron chi connectivity index (χ2n) is 6.30. The number of pyridine rings is 1. The molecule has 0 saturated carbocycles. The highest BCUT2D eigenvalue weighted by Gasteiger charge is 2.18. The van der Waals surface area contributed by atoms with Crippen molar-refractivity contribution in [2.45, 2.75) is 39.3 Å². The van der Waals surface area contributed by atoms with Crippen molar-refractivity contribution >= 4 is 11.9 Å². The lowest BCUT2D eigenvalue weighted by Crippen LogP contribution is -2.39. The second-order valence-corrected chi connectivity index (χ2v) is 6.30. The zero-order chi connectivity index (χ0) is 18.9. The van der Waals surface area contributed by atoms with E-state index in [2.05, 4.69) is 4.98 Å². The van der Waals surface area contributed by atoms with Crippen LogP contribution in [0.25, 0.3) is 0 Å². The third-order valence-corrected chi connectivity index (χ3v) is 3.89. The van der Waals surface area contributed by atoms with E-state index in [9.17, 15) is 9.59 Å². The van der Waals surface area contributed by atoms with E-state index >= 15 is 0 Å². The lowest BCUT2D eigenvalue weighted by atomic mass is 10.1. The summed E-state index contributed by atoms with van der Waals surface area (Å²) in [5.74, 6) is -0.319. The summed E-state index contributed by atoms with van der Waals surface area (Å²) in [6.45, 7) is 4.38. The van der Waals surface area contributed by atoms with Gasteiger partial charge >= 0.3 is 5.97 Å². The molecule has 2 aromatic rings. The Kier molecular flexibility index (Phi) is 7.14. The first-order chi connectivity index (χ1) is 12.5. The molecule has 1 amide bonds. The van der Waals surface area contributed by atoms with Crippen molar-refractivity contribution in [3.8, 4) is 5.75 Å². The van der Waals surface area contributed by atoms with Gasteiger partial charge in [0.15, 0.2) is 0 Å². The number of nitrogens with zero attached hydrogens (tertiary/aromatic N) is 2. The van der Waals surface area contributed by atoms with Gasteiger partial charge in [-0.05, 0) is 37.6 Å². The molecule has 138 valence electrons. The predicted octanol–water partition coefficient (Wildman–Crippen LogP) is 2.91. The van der Waals surface area contributed by atoms with Crippen LogP contribution in [0.2, 0.25) is 0 Å². The smallest absolute Gasteiger partial charge is 0.305 e. The van der Waals surface area contributed by atoms with Crippen LogP contribution in [0.4, 0.5) is 0 Å². The highest BCUT2D eigenvalue weighted by Crippen LogP contribution is 2.16. The Balaban J connectivity index is 1.97. The highest BCUT2D eigenvalue weighted by molar-refractivity contribution is 5.79. The molecule has 0 saturated heterocycles. The fourth-order valence-corrected chi connectivity index (χ4v) is 2.56. The summed E-state index contributed by atoms with van der Waals surface area (Å²) in [5, 5.41) is 8.85. The van der Waals surface area contributed by atoms with Gasteiger partial charge in [0.25, 0.3) is 0 Å². The van der Waals surface area contributed by atoms with Gasteiger partial charge < -0.3 is 14.7 Å². The van der Waals surface area contributed by atoms with Crippen molar-refractivity contribution in [3.63, 3.8) is 0 Å². The maximum absolute atomic E-state index is 12.5. The van der Waals surface area contributed by atoms with E-state index in [0.29, 0.717) is 12.4 Å². The molecule has 0 atom stereocenters. The lowest BCUT2D eigenvalue weighted by Gasteiger charge is -2.26. The molecule has 0 aliphatic carbocycles. The van der Waals surface area contributed by atoms with Crippen LogP contribution >= 0.6 is 0 Å². The Morgan fingerprint density at radius 1 is 1.19 bits per heavy atom. The number of rotatable bonds is 9. The standard InChI is InChI=1S/C20H24N2O4/c1-15(2)22(10-8-20(24)25)19(23)12-16-5-3-7-18(11-16)26-14-17-6-4-9-21-13-17/h3-7,9,11,13,15H,8,10,12,14H2,1-2H3,(H,24,25). The van der Waals surface area contributed by atoms with Crippen LogP contribution in [-0.4, -0.2) is 39.5 Å². The summed E-state index contributed by atoms with van der Waals surface area (Å²) >= 11 is 0. The van der Waals surface area contributed by atoms with Gasteiger partial charge in [0.1, 0.15) is 12.4 Å². The van der Waals surface area contributed by atoms with Crippen molar-refractivity contribution in [2.75, 3.05) is 6.54 Å². The van der Waals surface area contributed by atoms with Crippen LogP contribution in [-0.2, 0) is 22.6 Å². The van der Waals surface area contributed by atoms with Gasteiger partial charge in [-0.1, -0.05) is 18.2 Å². The van der Waals surface area contributed by atoms with Crippen LogP contribution in [0.1, 0.15) is 31.4 Å². The summed E-state index contributed by atoms with van der Waals surface area (Å²) < 4.78 is 5.76. The van der Waals surface area contributed by atoms with Gasteiger partial charge in [-0.25, -0.2) is 0 Å². The van der Waals surface area contributed by atoms with Crippen molar-refractivity contribution in [3.05, 3.63) is 59.9 Å². The van der Waals surface area contributed by atoms with E-state index in [-0.39, 0.29) is 31.3 Å². The first kappa shape index (κ1) is 19.4. The summed E-state index contributed by atoms with van der Waals surface area (Å²) in [7, 11) is 0. The molecule has 6 heteroatoms. The summed E-state index contributed by atoms with van der Waals surface area (Å²) in [4.78, 5) is 29.0. The lowest BCUT2D eigenvalue weighted by molar-refractivity contribution is -0.139. The van der Waals surface area contributed by atoms with Crippen LogP contribution in [0, 0.1) is 0 Å². The van der Waals surface area contributed by atoms with E-state index in [1.54, 1.807) is 17.3 Å². The normalized spacial score (nSPS) is 10.6. The average molecular weight is 356 g/mol. The number of aromatic nitrogens is 1. The highest BCUT2D eigenvalue weighted by atomic mass is 16.5. The summed E-state index contributed by atoms with van der Waals surface area (Å²) in [6, 6.07) is 11.1. The van der Waals surface area contributed by atoms with Crippen LogP contribution in [0.3, 0.4) is 0 Å². The molecule has 0 spiro atoms. The maximum Gasteiger partial charge on any atom is 0.305 e. The fraction of sp³-hybridized carbons (Fsp3) is 0.350. The van der Waals surface area contributed by atoms with Gasteiger partial charge in [-0.3, -0.25) is 14.6 Å². The van der Waals surface area contributed by atoms with E-state index in [0.717, 1.165) is 11.1 Å². The Morgan fingerprint density at radius 3 is 2.62 bits per heavy atom. The Labute approximate surface area is 153 Å². The fourth-order valence-electron chi connectivity index (χ4n) is 2.56. The second kappa shape index (κ2) is 9.56. The molecule has 0 unspecified atom stereocenters. The number of ether oxygens (including phenoxy) is 1. The number of hydrogen-bond donors (Lipinski definition) is 1. The van der Waals surface area contributed by atoms with E-state index in [1.807, 2.05) is 50.2 Å². The number of carbonyl (C=O) groups excluding carboxylic acids is 1. The molecule has 0 radical (unpaired) electrons. The number of carboxylic acids is 1. The molecular weight excluding hydrogens is 332 g/mol. The topological polar surface area (TPSA) is 79.7 Å². The molecule has 1 N–H and O–H groups in total. The number of benzene rings is 1. The van der Waals surface area contributed by atoms with Gasteiger partial charge in [0.05, 0.1) is 12.8 Å². The molecule has 26 heavy (non-hydrogen) atoms. The Hall–Kier alpha value is -2.89. The molecule has 0 aliphatic rings. The molecule has 2 rings (SSSR count). The Morgan fingerprint density at radius 2 is 1.96 bits per heavy atom. The molecule has 6 nitrogen and oxygen atoms in total. The van der Waals surface area contributed by atoms with Gasteiger partial charge in [0, 0.05) is 30.5 Å². The number of amides is 1. The van der Waals surface area contributed by atoms with E-state index < -0.39 is 5.97 Å². The molecule has 0 fully saturated rings. The van der Waals surface area contributed by atoms with Crippen LogP contribution in [0.5, 0.6) is 5.75 Å². The molecule has 0 bridgehead atoms. The van der Waals surface area contributed by atoms with E-state index in [4.69, 9.17) is 9.84 Å². The Bertz CT molecular complexity index is 732. The quantitative estimate of drug-likeness (QED) is 0.747. The van der Waals surface area contributed by atoms with Crippen LogP contribution < -0.4 is 4.74 Å². The van der Waals surface area contributed by atoms with Gasteiger partial charge in [-0.2, -0.15) is 0 Å². The third-order valence-electron chi connectivity index (χ3n) is 3.89. The minimum absolute atomic E-state index is 0.0492. The predicted molar refractivity (Wildman–Crippen MR) is 97.8 cm³/mol. The monoisotopic (exact) mass is 356 g/mol. The average Bonchev–Trinajstić information content (AvgIpc) is 2.61. The molecule has 0 aliphatic heterocycles. The zero-order valence-electron chi connectivity index (χ0n) is 15.1. The maximum atomic E-state index is 12.5. The minimum atomic E-state index is -0.908. The van der Waals surface area contributed by atoms with Gasteiger partial charge in [-0.15, -0.1) is 0 Å².